The Labute approximate surface area is 179 Å². The smallest absolute Gasteiger partial charge is 0.343 e. The van der Waals surface area contributed by atoms with Gasteiger partial charge < -0.3 is 14.2 Å². The van der Waals surface area contributed by atoms with E-state index in [9.17, 15) is 9.59 Å². The molecule has 0 aliphatic carbocycles. The van der Waals surface area contributed by atoms with Gasteiger partial charge in [0.15, 0.2) is 11.5 Å². The summed E-state index contributed by atoms with van der Waals surface area (Å²) >= 11 is 0. The fourth-order valence-electron chi connectivity index (χ4n) is 2.95. The standard InChI is InChI=1S/C25H32O5/c1-4-5-6-7-8-11-17-28-24(26)20-13-12-14-21(18-20)25(27)30-23-16-10-9-15-22(23)29-19(2)3/h9-10,12-16,18-19H,4-8,11,17H2,1-3H3. The van der Waals surface area contributed by atoms with Crippen LogP contribution in [0.1, 0.15) is 80.0 Å². The van der Waals surface area contributed by atoms with Crippen LogP contribution in [0, 0.1) is 0 Å². The molecular weight excluding hydrogens is 380 g/mol. The first-order chi connectivity index (χ1) is 14.5. The Morgan fingerprint density at radius 1 is 0.800 bits per heavy atom. The molecule has 0 unspecified atom stereocenters. The average Bonchev–Trinajstić information content (AvgIpc) is 2.74. The van der Waals surface area contributed by atoms with Crippen molar-refractivity contribution in [3.63, 3.8) is 0 Å². The molecule has 0 aromatic heterocycles. The third kappa shape index (κ3) is 7.90. The summed E-state index contributed by atoms with van der Waals surface area (Å²) in [4.78, 5) is 24.9. The van der Waals surface area contributed by atoms with E-state index in [0.717, 1.165) is 19.3 Å². The lowest BCUT2D eigenvalue weighted by atomic mass is 10.1. The second-order valence-electron chi connectivity index (χ2n) is 7.49. The monoisotopic (exact) mass is 412 g/mol. The fourth-order valence-corrected chi connectivity index (χ4v) is 2.95. The Morgan fingerprint density at radius 3 is 2.13 bits per heavy atom. The third-order valence-corrected chi connectivity index (χ3v) is 4.48. The summed E-state index contributed by atoms with van der Waals surface area (Å²) in [5, 5.41) is 0. The van der Waals surface area contributed by atoms with E-state index >= 15 is 0 Å². The molecule has 2 rings (SSSR count). The summed E-state index contributed by atoms with van der Waals surface area (Å²) in [6, 6.07) is 13.4. The summed E-state index contributed by atoms with van der Waals surface area (Å²) in [6.07, 6.45) is 6.70. The number of hydrogen-bond donors (Lipinski definition) is 0. The van der Waals surface area contributed by atoms with Crippen molar-refractivity contribution in [2.45, 2.75) is 65.4 Å². The van der Waals surface area contributed by atoms with Crippen LogP contribution in [0.2, 0.25) is 0 Å². The number of esters is 2. The van der Waals surface area contributed by atoms with Gasteiger partial charge in [0.2, 0.25) is 0 Å². The van der Waals surface area contributed by atoms with Crippen LogP contribution >= 0.6 is 0 Å². The number of carbonyl (C=O) groups excluding carboxylic acids is 2. The van der Waals surface area contributed by atoms with E-state index < -0.39 is 11.9 Å². The number of rotatable bonds is 12. The number of carbonyl (C=O) groups is 2. The highest BCUT2D eigenvalue weighted by atomic mass is 16.6. The van der Waals surface area contributed by atoms with E-state index in [4.69, 9.17) is 14.2 Å². The maximum atomic E-state index is 12.6. The molecule has 0 saturated heterocycles. The van der Waals surface area contributed by atoms with Crippen molar-refractivity contribution in [2.24, 2.45) is 0 Å². The lowest BCUT2D eigenvalue weighted by Gasteiger charge is -2.14. The minimum atomic E-state index is -0.555. The largest absolute Gasteiger partial charge is 0.487 e. The van der Waals surface area contributed by atoms with E-state index in [-0.39, 0.29) is 11.7 Å². The van der Waals surface area contributed by atoms with Crippen LogP contribution in [0.4, 0.5) is 0 Å². The van der Waals surface area contributed by atoms with Gasteiger partial charge >= 0.3 is 11.9 Å². The van der Waals surface area contributed by atoms with Gasteiger partial charge in [-0.15, -0.1) is 0 Å². The highest BCUT2D eigenvalue weighted by Gasteiger charge is 2.15. The molecule has 0 atom stereocenters. The van der Waals surface area contributed by atoms with Gasteiger partial charge in [-0.2, -0.15) is 0 Å². The van der Waals surface area contributed by atoms with E-state index in [1.165, 1.54) is 25.3 Å². The van der Waals surface area contributed by atoms with Gasteiger partial charge in [0.25, 0.3) is 0 Å². The molecule has 0 radical (unpaired) electrons. The van der Waals surface area contributed by atoms with E-state index in [1.54, 1.807) is 36.4 Å². The SMILES string of the molecule is CCCCCCCCOC(=O)c1cccc(C(=O)Oc2ccccc2OC(C)C)c1. The van der Waals surface area contributed by atoms with Crippen LogP contribution in [0.25, 0.3) is 0 Å². The second-order valence-corrected chi connectivity index (χ2v) is 7.49. The lowest BCUT2D eigenvalue weighted by Crippen LogP contribution is -2.13. The van der Waals surface area contributed by atoms with Gasteiger partial charge in [0.05, 0.1) is 23.8 Å². The normalized spacial score (nSPS) is 10.7. The molecule has 2 aromatic rings. The first-order valence-electron chi connectivity index (χ1n) is 10.8. The number of para-hydroxylation sites is 2. The van der Waals surface area contributed by atoms with Crippen LogP contribution in [0.5, 0.6) is 11.5 Å². The number of unbranched alkanes of at least 4 members (excludes halogenated alkanes) is 5. The van der Waals surface area contributed by atoms with E-state index in [1.807, 2.05) is 19.9 Å². The van der Waals surface area contributed by atoms with Crippen molar-refractivity contribution in [3.05, 3.63) is 59.7 Å². The van der Waals surface area contributed by atoms with Crippen LogP contribution in [-0.4, -0.2) is 24.6 Å². The quantitative estimate of drug-likeness (QED) is 0.236. The summed E-state index contributed by atoms with van der Waals surface area (Å²) in [5.74, 6) is -0.148. The molecule has 0 N–H and O–H groups in total. The molecule has 0 heterocycles. The molecule has 0 aliphatic rings. The average molecular weight is 413 g/mol. The van der Waals surface area contributed by atoms with Crippen LogP contribution < -0.4 is 9.47 Å². The molecule has 0 saturated carbocycles. The molecule has 0 bridgehead atoms. The zero-order chi connectivity index (χ0) is 21.8. The predicted molar refractivity (Wildman–Crippen MR) is 117 cm³/mol. The molecule has 0 spiro atoms. The fraction of sp³-hybridized carbons (Fsp3) is 0.440. The maximum absolute atomic E-state index is 12.6. The highest BCUT2D eigenvalue weighted by Crippen LogP contribution is 2.28. The molecular formula is C25H32O5. The van der Waals surface area contributed by atoms with Crippen molar-refractivity contribution in [1.29, 1.82) is 0 Å². The molecule has 30 heavy (non-hydrogen) atoms. The van der Waals surface area contributed by atoms with Gasteiger partial charge in [-0.1, -0.05) is 57.2 Å². The summed E-state index contributed by atoms with van der Waals surface area (Å²) < 4.78 is 16.5. The number of hydrogen-bond acceptors (Lipinski definition) is 5. The van der Waals surface area contributed by atoms with Crippen LogP contribution in [-0.2, 0) is 4.74 Å². The zero-order valence-corrected chi connectivity index (χ0v) is 18.2. The van der Waals surface area contributed by atoms with Gasteiger partial charge in [-0.25, -0.2) is 9.59 Å². The molecule has 0 aliphatic heterocycles. The Morgan fingerprint density at radius 2 is 1.43 bits per heavy atom. The van der Waals surface area contributed by atoms with E-state index in [0.29, 0.717) is 23.7 Å². The molecule has 5 nitrogen and oxygen atoms in total. The van der Waals surface area contributed by atoms with Crippen molar-refractivity contribution in [3.8, 4) is 11.5 Å². The maximum Gasteiger partial charge on any atom is 0.343 e. The number of ether oxygens (including phenoxy) is 3. The minimum Gasteiger partial charge on any atom is -0.487 e. The zero-order valence-electron chi connectivity index (χ0n) is 18.2. The van der Waals surface area contributed by atoms with Crippen molar-refractivity contribution < 1.29 is 23.8 Å². The van der Waals surface area contributed by atoms with Gasteiger partial charge in [-0.3, -0.25) is 0 Å². The Hall–Kier alpha value is -2.82. The van der Waals surface area contributed by atoms with Gasteiger partial charge in [-0.05, 0) is 50.6 Å². The van der Waals surface area contributed by atoms with Gasteiger partial charge in [0, 0.05) is 0 Å². The molecule has 2 aromatic carbocycles. The topological polar surface area (TPSA) is 61.8 Å². The Balaban J connectivity index is 1.92. The van der Waals surface area contributed by atoms with E-state index in [2.05, 4.69) is 6.92 Å². The lowest BCUT2D eigenvalue weighted by molar-refractivity contribution is 0.0497. The molecule has 0 fully saturated rings. The summed E-state index contributed by atoms with van der Waals surface area (Å²) in [5.41, 5.74) is 0.616. The molecule has 162 valence electrons. The third-order valence-electron chi connectivity index (χ3n) is 4.48. The second kappa shape index (κ2) is 12.7. The summed E-state index contributed by atoms with van der Waals surface area (Å²) in [7, 11) is 0. The van der Waals surface area contributed by atoms with Crippen molar-refractivity contribution in [2.75, 3.05) is 6.61 Å². The van der Waals surface area contributed by atoms with Gasteiger partial charge in [0.1, 0.15) is 0 Å². The highest BCUT2D eigenvalue weighted by molar-refractivity contribution is 5.96. The van der Waals surface area contributed by atoms with Crippen LogP contribution in [0.3, 0.4) is 0 Å². The van der Waals surface area contributed by atoms with Crippen molar-refractivity contribution >= 4 is 11.9 Å². The first-order valence-corrected chi connectivity index (χ1v) is 10.8. The first kappa shape index (κ1) is 23.5. The summed E-state index contributed by atoms with van der Waals surface area (Å²) in [6.45, 7) is 6.38. The van der Waals surface area contributed by atoms with Crippen LogP contribution in [0.15, 0.2) is 48.5 Å². The Bertz CT molecular complexity index is 813. The predicted octanol–water partition coefficient (Wildman–Crippen LogP) is 6.21. The number of benzene rings is 2. The van der Waals surface area contributed by atoms with Crippen molar-refractivity contribution in [1.82, 2.24) is 0 Å². The molecule has 5 heteroatoms. The minimum absolute atomic E-state index is 0.0467. The Kier molecular flexibility index (Phi) is 9.92. The molecule has 0 amide bonds.